The Hall–Kier alpha value is -0.120. The molecule has 3 N–H and O–H groups in total. The van der Waals surface area contributed by atoms with E-state index in [0.29, 0.717) is 6.04 Å². The van der Waals surface area contributed by atoms with Gasteiger partial charge in [-0.1, -0.05) is 26.7 Å². The fourth-order valence-electron chi connectivity index (χ4n) is 3.03. The number of hydrogen-bond donors (Lipinski definition) is 2. The van der Waals surface area contributed by atoms with Crippen molar-refractivity contribution in [3.8, 4) is 0 Å². The third kappa shape index (κ3) is 5.36. The van der Waals surface area contributed by atoms with Crippen molar-refractivity contribution in [1.82, 2.24) is 5.43 Å². The van der Waals surface area contributed by atoms with Crippen molar-refractivity contribution in [2.24, 2.45) is 17.7 Å². The summed E-state index contributed by atoms with van der Waals surface area (Å²) in [5, 5.41) is 0. The van der Waals surface area contributed by atoms with Gasteiger partial charge in [0.25, 0.3) is 0 Å². The molecule has 0 bridgehead atoms. The number of ether oxygens (including phenoxy) is 1. The molecule has 102 valence electrons. The number of hydrogen-bond acceptors (Lipinski definition) is 3. The van der Waals surface area contributed by atoms with Crippen molar-refractivity contribution in [3.63, 3.8) is 0 Å². The zero-order valence-electron chi connectivity index (χ0n) is 11.6. The summed E-state index contributed by atoms with van der Waals surface area (Å²) in [7, 11) is 0. The van der Waals surface area contributed by atoms with Crippen molar-refractivity contribution in [2.75, 3.05) is 13.2 Å². The lowest BCUT2D eigenvalue weighted by molar-refractivity contribution is 0.0571. The maximum absolute atomic E-state index is 5.77. The van der Waals surface area contributed by atoms with E-state index in [1.54, 1.807) is 0 Å². The predicted octanol–water partition coefficient (Wildman–Crippen LogP) is 2.85. The van der Waals surface area contributed by atoms with E-state index in [4.69, 9.17) is 10.6 Å². The van der Waals surface area contributed by atoms with Gasteiger partial charge in [0.1, 0.15) is 0 Å². The van der Waals surface area contributed by atoms with Gasteiger partial charge in [0.2, 0.25) is 0 Å². The molecular formula is C14H30N2O. The Labute approximate surface area is 106 Å². The second-order valence-electron chi connectivity index (χ2n) is 5.40. The summed E-state index contributed by atoms with van der Waals surface area (Å²) in [6, 6.07) is 0.498. The quantitative estimate of drug-likeness (QED) is 0.508. The van der Waals surface area contributed by atoms with Crippen molar-refractivity contribution >= 4 is 0 Å². The van der Waals surface area contributed by atoms with Crippen LogP contribution in [0.2, 0.25) is 0 Å². The van der Waals surface area contributed by atoms with Crippen LogP contribution in [0.3, 0.4) is 0 Å². The van der Waals surface area contributed by atoms with Crippen molar-refractivity contribution < 1.29 is 4.74 Å². The summed E-state index contributed by atoms with van der Waals surface area (Å²) in [4.78, 5) is 0. The maximum Gasteiger partial charge on any atom is 0.0468 e. The van der Waals surface area contributed by atoms with E-state index in [-0.39, 0.29) is 0 Å². The monoisotopic (exact) mass is 242 g/mol. The standard InChI is InChI=1S/C14H30N2O/c1-3-5-13(6-4-2)14(16-15)11-12-7-9-17-10-8-12/h12-14,16H,3-11,15H2,1-2H3. The molecule has 0 aromatic heterocycles. The Kier molecular flexibility index (Phi) is 7.82. The molecule has 0 aliphatic carbocycles. The zero-order chi connectivity index (χ0) is 12.5. The fraction of sp³-hybridized carbons (Fsp3) is 1.00. The predicted molar refractivity (Wildman–Crippen MR) is 72.6 cm³/mol. The van der Waals surface area contributed by atoms with E-state index in [0.717, 1.165) is 25.0 Å². The summed E-state index contributed by atoms with van der Waals surface area (Å²) in [5.41, 5.74) is 3.08. The summed E-state index contributed by atoms with van der Waals surface area (Å²) < 4.78 is 5.42. The Balaban J connectivity index is 2.42. The number of rotatable bonds is 8. The van der Waals surface area contributed by atoms with Gasteiger partial charge in [-0.25, -0.2) is 0 Å². The highest BCUT2D eigenvalue weighted by Crippen LogP contribution is 2.26. The van der Waals surface area contributed by atoms with Gasteiger partial charge in [0.05, 0.1) is 0 Å². The second-order valence-corrected chi connectivity index (χ2v) is 5.40. The molecule has 1 fully saturated rings. The molecule has 3 nitrogen and oxygen atoms in total. The SMILES string of the molecule is CCCC(CCC)C(CC1CCOCC1)NN. The van der Waals surface area contributed by atoms with E-state index in [1.165, 1.54) is 44.9 Å². The van der Waals surface area contributed by atoms with Crippen LogP contribution in [0.25, 0.3) is 0 Å². The van der Waals surface area contributed by atoms with Crippen LogP contribution in [0.15, 0.2) is 0 Å². The largest absolute Gasteiger partial charge is 0.381 e. The fourth-order valence-corrected chi connectivity index (χ4v) is 3.03. The molecule has 0 amide bonds. The highest BCUT2D eigenvalue weighted by Gasteiger charge is 2.24. The number of nitrogens with two attached hydrogens (primary N) is 1. The third-order valence-corrected chi connectivity index (χ3v) is 4.03. The van der Waals surface area contributed by atoms with Crippen LogP contribution in [0.5, 0.6) is 0 Å². The second kappa shape index (κ2) is 8.90. The minimum Gasteiger partial charge on any atom is -0.381 e. The van der Waals surface area contributed by atoms with Crippen LogP contribution in [0.4, 0.5) is 0 Å². The molecule has 1 aliphatic heterocycles. The highest BCUT2D eigenvalue weighted by atomic mass is 16.5. The molecule has 0 radical (unpaired) electrons. The molecular weight excluding hydrogens is 212 g/mol. The first-order chi connectivity index (χ1) is 8.31. The summed E-state index contributed by atoms with van der Waals surface area (Å²) in [6.45, 7) is 6.41. The van der Waals surface area contributed by atoms with Gasteiger partial charge in [-0.15, -0.1) is 0 Å². The Morgan fingerprint density at radius 2 is 1.76 bits per heavy atom. The van der Waals surface area contributed by atoms with E-state index in [1.807, 2.05) is 0 Å². The summed E-state index contributed by atoms with van der Waals surface area (Å²) in [6.07, 6.45) is 8.77. The van der Waals surface area contributed by atoms with E-state index in [9.17, 15) is 0 Å². The van der Waals surface area contributed by atoms with Gasteiger partial charge in [0.15, 0.2) is 0 Å². The minimum atomic E-state index is 0.498. The van der Waals surface area contributed by atoms with Crippen molar-refractivity contribution in [3.05, 3.63) is 0 Å². The maximum atomic E-state index is 5.77. The van der Waals surface area contributed by atoms with E-state index in [2.05, 4.69) is 19.3 Å². The molecule has 0 saturated carbocycles. The van der Waals surface area contributed by atoms with Crippen molar-refractivity contribution in [2.45, 2.75) is 64.8 Å². The molecule has 1 aliphatic rings. The summed E-state index contributed by atoms with van der Waals surface area (Å²) >= 11 is 0. The van der Waals surface area contributed by atoms with Crippen molar-refractivity contribution in [1.29, 1.82) is 0 Å². The molecule has 3 heteroatoms. The first kappa shape index (κ1) is 14.9. The molecule has 1 rings (SSSR count). The van der Waals surface area contributed by atoms with Crippen LogP contribution >= 0.6 is 0 Å². The normalized spacial score (nSPS) is 19.8. The molecule has 0 aromatic rings. The molecule has 0 aromatic carbocycles. The first-order valence-electron chi connectivity index (χ1n) is 7.35. The number of nitrogens with one attached hydrogen (secondary N) is 1. The average Bonchev–Trinajstić information content (AvgIpc) is 2.37. The van der Waals surface area contributed by atoms with Gasteiger partial charge in [-0.3, -0.25) is 11.3 Å². The van der Waals surface area contributed by atoms with Crippen LogP contribution in [-0.2, 0) is 4.74 Å². The van der Waals surface area contributed by atoms with Crippen LogP contribution < -0.4 is 11.3 Å². The third-order valence-electron chi connectivity index (χ3n) is 4.03. The molecule has 17 heavy (non-hydrogen) atoms. The Bertz CT molecular complexity index is 175. The van der Waals surface area contributed by atoms with Crippen LogP contribution in [0.1, 0.15) is 58.8 Å². The van der Waals surface area contributed by atoms with Gasteiger partial charge < -0.3 is 4.74 Å². The smallest absolute Gasteiger partial charge is 0.0468 e. The van der Waals surface area contributed by atoms with Gasteiger partial charge in [-0.2, -0.15) is 0 Å². The van der Waals surface area contributed by atoms with Gasteiger partial charge in [-0.05, 0) is 43.9 Å². The first-order valence-corrected chi connectivity index (χ1v) is 7.35. The Morgan fingerprint density at radius 3 is 2.24 bits per heavy atom. The van der Waals surface area contributed by atoms with Gasteiger partial charge >= 0.3 is 0 Å². The van der Waals surface area contributed by atoms with E-state index < -0.39 is 0 Å². The zero-order valence-corrected chi connectivity index (χ0v) is 11.6. The highest BCUT2D eigenvalue weighted by molar-refractivity contribution is 4.78. The molecule has 1 heterocycles. The van der Waals surface area contributed by atoms with E-state index >= 15 is 0 Å². The molecule has 0 spiro atoms. The lowest BCUT2D eigenvalue weighted by atomic mass is 9.83. The lowest BCUT2D eigenvalue weighted by Crippen LogP contribution is -2.42. The molecule has 1 unspecified atom stereocenters. The lowest BCUT2D eigenvalue weighted by Gasteiger charge is -2.31. The van der Waals surface area contributed by atoms with Gasteiger partial charge in [0, 0.05) is 19.3 Å². The average molecular weight is 242 g/mol. The molecule has 1 saturated heterocycles. The minimum absolute atomic E-state index is 0.498. The number of hydrazine groups is 1. The van der Waals surface area contributed by atoms with Crippen LogP contribution in [-0.4, -0.2) is 19.3 Å². The molecule has 1 atom stereocenters. The topological polar surface area (TPSA) is 47.3 Å². The Morgan fingerprint density at radius 1 is 1.18 bits per heavy atom. The van der Waals surface area contributed by atoms with Crippen LogP contribution in [0, 0.1) is 11.8 Å². The summed E-state index contributed by atoms with van der Waals surface area (Å²) in [5.74, 6) is 7.32.